The van der Waals surface area contributed by atoms with Crippen molar-refractivity contribution in [1.29, 1.82) is 0 Å². The molecular formula is C22H25BrN2O4. The fourth-order valence-corrected chi connectivity index (χ4v) is 3.92. The SMILES string of the molecule is O=C(OCc1ccccc1)N1CCC(OC2CC(Oc3cc(Br)ccn3)C2)CC1. The molecule has 2 fully saturated rings. The van der Waals surface area contributed by atoms with Crippen LogP contribution in [0.4, 0.5) is 4.79 Å². The summed E-state index contributed by atoms with van der Waals surface area (Å²) in [6, 6.07) is 13.5. The van der Waals surface area contributed by atoms with Gasteiger partial charge in [-0.1, -0.05) is 46.3 Å². The van der Waals surface area contributed by atoms with Gasteiger partial charge in [-0.25, -0.2) is 9.78 Å². The van der Waals surface area contributed by atoms with Crippen LogP contribution in [0.25, 0.3) is 0 Å². The highest BCUT2D eigenvalue weighted by molar-refractivity contribution is 9.10. The minimum atomic E-state index is -0.245. The maximum atomic E-state index is 12.2. The summed E-state index contributed by atoms with van der Waals surface area (Å²) in [5.74, 6) is 0.644. The van der Waals surface area contributed by atoms with E-state index in [0.29, 0.717) is 25.6 Å². The Labute approximate surface area is 179 Å². The van der Waals surface area contributed by atoms with Crippen molar-refractivity contribution in [3.05, 3.63) is 58.7 Å². The molecule has 1 saturated heterocycles. The monoisotopic (exact) mass is 460 g/mol. The molecule has 0 spiro atoms. The molecule has 0 N–H and O–H groups in total. The molecule has 1 saturated carbocycles. The number of ether oxygens (including phenoxy) is 3. The fourth-order valence-electron chi connectivity index (χ4n) is 3.60. The maximum Gasteiger partial charge on any atom is 0.410 e. The van der Waals surface area contributed by atoms with Gasteiger partial charge in [0.2, 0.25) is 5.88 Å². The first-order valence-electron chi connectivity index (χ1n) is 10.0. The molecule has 0 atom stereocenters. The number of halogens is 1. The van der Waals surface area contributed by atoms with Gasteiger partial charge < -0.3 is 19.1 Å². The number of carbonyl (C=O) groups is 1. The lowest BCUT2D eigenvalue weighted by Crippen LogP contribution is -2.45. The largest absolute Gasteiger partial charge is 0.474 e. The summed E-state index contributed by atoms with van der Waals surface area (Å²) < 4.78 is 18.4. The first-order chi connectivity index (χ1) is 14.2. The van der Waals surface area contributed by atoms with Crippen LogP contribution in [-0.2, 0) is 16.1 Å². The molecule has 2 aliphatic rings. The Balaban J connectivity index is 1.12. The zero-order chi connectivity index (χ0) is 20.1. The first kappa shape index (κ1) is 20.2. The third-order valence-electron chi connectivity index (χ3n) is 5.33. The number of nitrogens with zero attached hydrogens (tertiary/aromatic N) is 2. The van der Waals surface area contributed by atoms with Crippen molar-refractivity contribution in [2.75, 3.05) is 13.1 Å². The van der Waals surface area contributed by atoms with Crippen LogP contribution in [0.5, 0.6) is 5.88 Å². The first-order valence-corrected chi connectivity index (χ1v) is 10.8. The topological polar surface area (TPSA) is 60.9 Å². The van der Waals surface area contributed by atoms with Crippen molar-refractivity contribution in [3.8, 4) is 5.88 Å². The van der Waals surface area contributed by atoms with Crippen LogP contribution in [-0.4, -0.2) is 47.4 Å². The quantitative estimate of drug-likeness (QED) is 0.631. The van der Waals surface area contributed by atoms with Crippen molar-refractivity contribution >= 4 is 22.0 Å². The number of rotatable bonds is 6. The summed E-state index contributed by atoms with van der Waals surface area (Å²) in [5.41, 5.74) is 0.999. The van der Waals surface area contributed by atoms with Gasteiger partial charge in [0.25, 0.3) is 0 Å². The molecule has 6 nitrogen and oxygen atoms in total. The predicted molar refractivity (Wildman–Crippen MR) is 112 cm³/mol. The zero-order valence-corrected chi connectivity index (χ0v) is 17.8. The van der Waals surface area contributed by atoms with E-state index >= 15 is 0 Å². The molecule has 1 amide bonds. The number of hydrogen-bond donors (Lipinski definition) is 0. The molecule has 1 aromatic carbocycles. The van der Waals surface area contributed by atoms with E-state index < -0.39 is 0 Å². The highest BCUT2D eigenvalue weighted by Crippen LogP contribution is 2.31. The Kier molecular flexibility index (Phi) is 6.67. The van der Waals surface area contributed by atoms with Crippen molar-refractivity contribution < 1.29 is 19.0 Å². The molecule has 1 aliphatic heterocycles. The minimum absolute atomic E-state index is 0.162. The molecule has 2 aromatic rings. The van der Waals surface area contributed by atoms with Crippen molar-refractivity contribution in [2.45, 2.75) is 50.6 Å². The maximum absolute atomic E-state index is 12.2. The number of carbonyl (C=O) groups excluding carboxylic acids is 1. The molecular weight excluding hydrogens is 436 g/mol. The molecule has 2 heterocycles. The lowest BCUT2D eigenvalue weighted by atomic mass is 9.91. The van der Waals surface area contributed by atoms with Crippen LogP contribution in [0.1, 0.15) is 31.2 Å². The summed E-state index contributed by atoms with van der Waals surface area (Å²) in [6.07, 6.45) is 5.52. The van der Waals surface area contributed by atoms with Crippen LogP contribution < -0.4 is 4.74 Å². The van der Waals surface area contributed by atoms with E-state index in [4.69, 9.17) is 14.2 Å². The third-order valence-corrected chi connectivity index (χ3v) is 5.82. The average Bonchev–Trinajstić information content (AvgIpc) is 2.72. The summed E-state index contributed by atoms with van der Waals surface area (Å²) in [5, 5.41) is 0. The van der Waals surface area contributed by atoms with Gasteiger partial charge in [0.1, 0.15) is 12.7 Å². The van der Waals surface area contributed by atoms with Crippen LogP contribution in [0.2, 0.25) is 0 Å². The molecule has 4 rings (SSSR count). The Bertz CT molecular complexity index is 805. The van der Waals surface area contributed by atoms with Gasteiger partial charge in [-0.2, -0.15) is 0 Å². The van der Waals surface area contributed by atoms with Gasteiger partial charge in [-0.15, -0.1) is 0 Å². The van der Waals surface area contributed by atoms with Crippen LogP contribution >= 0.6 is 15.9 Å². The summed E-state index contributed by atoms with van der Waals surface area (Å²) >= 11 is 3.42. The second-order valence-electron chi connectivity index (χ2n) is 7.51. The normalized spacial score (nSPS) is 22.0. The van der Waals surface area contributed by atoms with Gasteiger partial charge in [0.05, 0.1) is 12.2 Å². The minimum Gasteiger partial charge on any atom is -0.474 e. The van der Waals surface area contributed by atoms with E-state index in [1.807, 2.05) is 42.5 Å². The van der Waals surface area contributed by atoms with E-state index in [-0.39, 0.29) is 24.4 Å². The van der Waals surface area contributed by atoms with Crippen molar-refractivity contribution in [2.24, 2.45) is 0 Å². The van der Waals surface area contributed by atoms with E-state index in [2.05, 4.69) is 20.9 Å². The van der Waals surface area contributed by atoms with Crippen LogP contribution in [0, 0.1) is 0 Å². The second-order valence-corrected chi connectivity index (χ2v) is 8.42. The lowest BCUT2D eigenvalue weighted by Gasteiger charge is -2.39. The van der Waals surface area contributed by atoms with Gasteiger partial charge in [0.15, 0.2) is 0 Å². The molecule has 29 heavy (non-hydrogen) atoms. The van der Waals surface area contributed by atoms with Crippen molar-refractivity contribution in [1.82, 2.24) is 9.88 Å². The second kappa shape index (κ2) is 9.59. The number of piperidine rings is 1. The Morgan fingerprint density at radius 3 is 2.55 bits per heavy atom. The van der Waals surface area contributed by atoms with Gasteiger partial charge in [-0.3, -0.25) is 0 Å². The molecule has 1 aromatic heterocycles. The smallest absolute Gasteiger partial charge is 0.410 e. The Morgan fingerprint density at radius 2 is 1.83 bits per heavy atom. The fraction of sp³-hybridized carbons (Fsp3) is 0.455. The van der Waals surface area contributed by atoms with Crippen LogP contribution in [0.3, 0.4) is 0 Å². The van der Waals surface area contributed by atoms with E-state index in [0.717, 1.165) is 35.7 Å². The molecule has 0 radical (unpaired) electrons. The Hall–Kier alpha value is -2.12. The number of amides is 1. The molecule has 1 aliphatic carbocycles. The molecule has 154 valence electrons. The van der Waals surface area contributed by atoms with E-state index in [1.165, 1.54) is 0 Å². The number of aromatic nitrogens is 1. The number of benzene rings is 1. The van der Waals surface area contributed by atoms with Gasteiger partial charge >= 0.3 is 6.09 Å². The highest BCUT2D eigenvalue weighted by atomic mass is 79.9. The zero-order valence-electron chi connectivity index (χ0n) is 16.2. The number of hydrogen-bond acceptors (Lipinski definition) is 5. The van der Waals surface area contributed by atoms with E-state index in [9.17, 15) is 4.79 Å². The average molecular weight is 461 g/mol. The Morgan fingerprint density at radius 1 is 1.07 bits per heavy atom. The summed E-state index contributed by atoms with van der Waals surface area (Å²) in [4.78, 5) is 18.2. The number of pyridine rings is 1. The number of likely N-dealkylation sites (tertiary alicyclic amines) is 1. The molecule has 0 unspecified atom stereocenters. The third kappa shape index (κ3) is 5.70. The van der Waals surface area contributed by atoms with Gasteiger partial charge in [-0.05, 0) is 24.5 Å². The van der Waals surface area contributed by atoms with Gasteiger partial charge in [0, 0.05) is 42.7 Å². The summed E-state index contributed by atoms with van der Waals surface area (Å²) in [7, 11) is 0. The highest BCUT2D eigenvalue weighted by Gasteiger charge is 2.35. The lowest BCUT2D eigenvalue weighted by molar-refractivity contribution is -0.109. The van der Waals surface area contributed by atoms with E-state index in [1.54, 1.807) is 11.1 Å². The standard InChI is InChI=1S/C22H25BrN2O4/c23-17-6-9-24-21(12-17)29-20-13-19(14-20)28-18-7-10-25(11-8-18)22(26)27-15-16-4-2-1-3-5-16/h1-6,9,12,18-20H,7-8,10-11,13-15H2. The molecule has 0 bridgehead atoms. The summed E-state index contributed by atoms with van der Waals surface area (Å²) in [6.45, 7) is 1.66. The molecule has 7 heteroatoms. The van der Waals surface area contributed by atoms with Crippen molar-refractivity contribution in [3.63, 3.8) is 0 Å². The predicted octanol–water partition coefficient (Wildman–Crippen LogP) is 4.57. The van der Waals surface area contributed by atoms with Crippen LogP contribution in [0.15, 0.2) is 53.1 Å².